The third kappa shape index (κ3) is 3.25. The van der Waals surface area contributed by atoms with Crippen LogP contribution in [0.1, 0.15) is 36.0 Å². The van der Waals surface area contributed by atoms with E-state index in [1.807, 2.05) is 24.3 Å². The van der Waals surface area contributed by atoms with Gasteiger partial charge in [-0.1, -0.05) is 50.2 Å². The van der Waals surface area contributed by atoms with Crippen LogP contribution in [0.2, 0.25) is 0 Å². The first-order valence-corrected chi connectivity index (χ1v) is 7.93. The molecule has 0 saturated carbocycles. The Hall–Kier alpha value is -2.81. The molecule has 0 atom stereocenters. The molecule has 2 aromatic rings. The van der Waals surface area contributed by atoms with E-state index in [1.165, 1.54) is 7.11 Å². The number of methoxy groups -OCH3 is 1. The Morgan fingerprint density at radius 3 is 2.38 bits per heavy atom. The van der Waals surface area contributed by atoms with Crippen molar-refractivity contribution in [3.05, 3.63) is 56.6 Å². The van der Waals surface area contributed by atoms with Crippen molar-refractivity contribution in [3.8, 4) is 11.1 Å². The number of thiophene rings is 1. The summed E-state index contributed by atoms with van der Waals surface area (Å²) in [6, 6.07) is 7.66. The molecular weight excluding hydrogens is 324 g/mol. The van der Waals surface area contributed by atoms with E-state index in [2.05, 4.69) is 35.6 Å². The van der Waals surface area contributed by atoms with Gasteiger partial charge in [-0.3, -0.25) is 0 Å². The Morgan fingerprint density at radius 2 is 1.92 bits per heavy atom. The van der Waals surface area contributed by atoms with E-state index >= 15 is 0 Å². The van der Waals surface area contributed by atoms with E-state index in [0.717, 1.165) is 16.9 Å². The molecule has 0 aliphatic carbocycles. The average Bonchev–Trinajstić information content (AvgIpc) is 2.92. The van der Waals surface area contributed by atoms with Gasteiger partial charge in [-0.25, -0.2) is 9.64 Å². The lowest BCUT2D eigenvalue weighted by atomic mass is 9.86. The van der Waals surface area contributed by atoms with Gasteiger partial charge in [-0.15, -0.1) is 11.3 Å². The predicted octanol–water partition coefficient (Wildman–Crippen LogP) is 5.99. The van der Waals surface area contributed by atoms with Crippen molar-refractivity contribution >= 4 is 28.0 Å². The van der Waals surface area contributed by atoms with E-state index in [-0.39, 0.29) is 21.0 Å². The van der Waals surface area contributed by atoms with Crippen molar-refractivity contribution in [1.82, 2.24) is 0 Å². The number of carbonyl (C=O) groups is 1. The number of nitrogens with zero attached hydrogens (tertiary/aromatic N) is 4. The van der Waals surface area contributed by atoms with Crippen molar-refractivity contribution in [2.75, 3.05) is 7.11 Å². The molecule has 1 aromatic heterocycles. The summed E-state index contributed by atoms with van der Waals surface area (Å²) in [4.78, 5) is 18.5. The topological polar surface area (TPSA) is 79.4 Å². The Bertz CT molecular complexity index is 864. The molecule has 0 N–H and O–H groups in total. The van der Waals surface area contributed by atoms with Crippen molar-refractivity contribution < 1.29 is 9.53 Å². The summed E-state index contributed by atoms with van der Waals surface area (Å²) in [6.45, 7) is 13.7. The molecule has 0 radical (unpaired) electrons. The van der Waals surface area contributed by atoms with Gasteiger partial charge in [0.1, 0.15) is 4.88 Å². The number of ether oxygens (including phenoxy) is 1. The number of hydrogen-bond donors (Lipinski definition) is 0. The fraction of sp³-hybridized carbons (Fsp3) is 0.294. The van der Waals surface area contributed by atoms with Gasteiger partial charge in [0.15, 0.2) is 0 Å². The molecule has 0 saturated heterocycles. The van der Waals surface area contributed by atoms with Gasteiger partial charge in [-0.05, 0) is 22.1 Å². The van der Waals surface area contributed by atoms with Crippen molar-refractivity contribution in [3.63, 3.8) is 0 Å². The van der Waals surface area contributed by atoms with Crippen LogP contribution in [-0.2, 0) is 10.2 Å². The molecule has 1 aromatic carbocycles. The highest BCUT2D eigenvalue weighted by Gasteiger charge is 2.24. The van der Waals surface area contributed by atoms with E-state index in [9.17, 15) is 4.79 Å². The van der Waals surface area contributed by atoms with Gasteiger partial charge in [0, 0.05) is 10.5 Å². The third-order valence-electron chi connectivity index (χ3n) is 3.52. The predicted molar refractivity (Wildman–Crippen MR) is 94.9 cm³/mol. The summed E-state index contributed by atoms with van der Waals surface area (Å²) in [7, 11) is 1.28. The minimum absolute atomic E-state index is 0.00273. The number of rotatable bonds is 3. The Kier molecular flexibility index (Phi) is 4.93. The SMILES string of the molecule is [C-]#[N+]c1c(N=[N+]=[N-])sc(C(=O)OC)c1-c1ccc(C(C)(C)C)cc1. The second-order valence-corrected chi connectivity index (χ2v) is 7.08. The second-order valence-electron chi connectivity index (χ2n) is 6.08. The van der Waals surface area contributed by atoms with Crippen LogP contribution >= 0.6 is 11.3 Å². The van der Waals surface area contributed by atoms with Gasteiger partial charge < -0.3 is 4.74 Å². The molecule has 6 nitrogen and oxygen atoms in total. The number of esters is 1. The molecule has 7 heteroatoms. The summed E-state index contributed by atoms with van der Waals surface area (Å²) in [5.41, 5.74) is 11.1. The molecule has 0 spiro atoms. The summed E-state index contributed by atoms with van der Waals surface area (Å²) >= 11 is 0.964. The van der Waals surface area contributed by atoms with Crippen molar-refractivity contribution in [2.45, 2.75) is 26.2 Å². The first-order valence-electron chi connectivity index (χ1n) is 7.12. The van der Waals surface area contributed by atoms with Crippen LogP contribution in [0.4, 0.5) is 10.7 Å². The van der Waals surface area contributed by atoms with Crippen LogP contribution < -0.4 is 0 Å². The maximum Gasteiger partial charge on any atom is 0.347 e. The van der Waals surface area contributed by atoms with Gasteiger partial charge in [0.05, 0.1) is 18.7 Å². The van der Waals surface area contributed by atoms with Gasteiger partial charge in [0.2, 0.25) is 5.69 Å². The van der Waals surface area contributed by atoms with E-state index < -0.39 is 5.97 Å². The molecule has 24 heavy (non-hydrogen) atoms. The highest BCUT2D eigenvalue weighted by atomic mass is 32.1. The highest BCUT2D eigenvalue weighted by molar-refractivity contribution is 7.19. The van der Waals surface area contributed by atoms with Crippen LogP contribution in [0.15, 0.2) is 29.4 Å². The molecule has 0 aliphatic rings. The lowest BCUT2D eigenvalue weighted by molar-refractivity contribution is 0.0607. The first kappa shape index (κ1) is 17.5. The van der Waals surface area contributed by atoms with E-state index in [0.29, 0.717) is 11.1 Å². The molecule has 0 fully saturated rings. The van der Waals surface area contributed by atoms with Crippen LogP contribution in [0.3, 0.4) is 0 Å². The van der Waals surface area contributed by atoms with Crippen LogP contribution in [0, 0.1) is 6.57 Å². The van der Waals surface area contributed by atoms with Gasteiger partial charge in [-0.2, -0.15) is 0 Å². The highest BCUT2D eigenvalue weighted by Crippen LogP contribution is 2.48. The maximum absolute atomic E-state index is 12.1. The molecular formula is C17H16N4O2S. The van der Waals surface area contributed by atoms with E-state index in [1.54, 1.807) is 0 Å². The monoisotopic (exact) mass is 340 g/mol. The number of hydrogen-bond acceptors (Lipinski definition) is 4. The minimum Gasteiger partial charge on any atom is -0.465 e. The normalized spacial score (nSPS) is 10.6. The lowest BCUT2D eigenvalue weighted by Gasteiger charge is -2.19. The standard InChI is InChI=1S/C17H16N4O2S/c1-17(2,3)11-8-6-10(7-9-11)12-13(19-4)15(20-21-18)24-14(12)16(22)23-5/h6-9H,1-3,5H3. The lowest BCUT2D eigenvalue weighted by Crippen LogP contribution is -2.10. The first-order chi connectivity index (χ1) is 11.3. The minimum atomic E-state index is -0.556. The maximum atomic E-state index is 12.1. The molecule has 1 heterocycles. The second kappa shape index (κ2) is 6.75. The summed E-state index contributed by atoms with van der Waals surface area (Å²) in [5.74, 6) is -0.556. The number of benzene rings is 1. The zero-order valence-electron chi connectivity index (χ0n) is 13.8. The Balaban J connectivity index is 2.70. The molecule has 122 valence electrons. The van der Waals surface area contributed by atoms with Gasteiger partial charge in [0.25, 0.3) is 0 Å². The van der Waals surface area contributed by atoms with Crippen LogP contribution in [-0.4, -0.2) is 13.1 Å². The van der Waals surface area contributed by atoms with Gasteiger partial charge >= 0.3 is 5.97 Å². The fourth-order valence-electron chi connectivity index (χ4n) is 2.26. The Labute approximate surface area is 144 Å². The molecule has 2 rings (SSSR count). The van der Waals surface area contributed by atoms with Crippen LogP contribution in [0.25, 0.3) is 26.4 Å². The summed E-state index contributed by atoms with van der Waals surface area (Å²) in [6.07, 6.45) is 0. The third-order valence-corrected chi connectivity index (χ3v) is 4.57. The van der Waals surface area contributed by atoms with Crippen LogP contribution in [0.5, 0.6) is 0 Å². The smallest absolute Gasteiger partial charge is 0.347 e. The zero-order chi connectivity index (χ0) is 17.9. The summed E-state index contributed by atoms with van der Waals surface area (Å²) < 4.78 is 4.80. The summed E-state index contributed by atoms with van der Waals surface area (Å²) in [5, 5.41) is 3.70. The fourth-order valence-corrected chi connectivity index (χ4v) is 3.26. The largest absolute Gasteiger partial charge is 0.465 e. The molecule has 0 aliphatic heterocycles. The number of azide groups is 1. The molecule has 0 unspecified atom stereocenters. The average molecular weight is 340 g/mol. The van der Waals surface area contributed by atoms with Crippen molar-refractivity contribution in [2.24, 2.45) is 5.11 Å². The zero-order valence-corrected chi connectivity index (χ0v) is 14.6. The van der Waals surface area contributed by atoms with Crippen molar-refractivity contribution in [1.29, 1.82) is 0 Å². The molecule has 0 amide bonds. The quantitative estimate of drug-likeness (QED) is 0.226. The Morgan fingerprint density at radius 1 is 1.29 bits per heavy atom. The molecule has 0 bridgehead atoms. The number of carbonyl (C=O) groups excluding carboxylic acids is 1. The van der Waals surface area contributed by atoms with E-state index in [4.69, 9.17) is 16.8 Å².